The van der Waals surface area contributed by atoms with Gasteiger partial charge in [-0.15, -0.1) is 11.3 Å². The van der Waals surface area contributed by atoms with Crippen LogP contribution in [0.2, 0.25) is 0 Å². The van der Waals surface area contributed by atoms with E-state index in [0.717, 1.165) is 14.9 Å². The Labute approximate surface area is 118 Å². The lowest BCUT2D eigenvalue weighted by atomic mass is 10.1. The van der Waals surface area contributed by atoms with Crippen molar-refractivity contribution in [1.29, 1.82) is 0 Å². The van der Waals surface area contributed by atoms with Crippen LogP contribution in [-0.4, -0.2) is 5.91 Å². The lowest BCUT2D eigenvalue weighted by molar-refractivity contribution is 0.0952. The minimum absolute atomic E-state index is 0.146. The number of hydrogen-bond acceptors (Lipinski definition) is 3. The van der Waals surface area contributed by atoms with Gasteiger partial charge in [-0.3, -0.25) is 4.79 Å². The van der Waals surface area contributed by atoms with Gasteiger partial charge >= 0.3 is 0 Å². The molecular formula is C13H13BrN2OS. The van der Waals surface area contributed by atoms with Crippen LogP contribution in [0.25, 0.3) is 0 Å². The summed E-state index contributed by atoms with van der Waals surface area (Å²) in [5, 5.41) is 4.84. The lowest BCUT2D eigenvalue weighted by Crippen LogP contribution is -2.23. The van der Waals surface area contributed by atoms with Crippen LogP contribution in [0.15, 0.2) is 34.1 Å². The van der Waals surface area contributed by atoms with Gasteiger partial charge in [-0.05, 0) is 52.0 Å². The zero-order valence-electron chi connectivity index (χ0n) is 9.87. The summed E-state index contributed by atoms with van der Waals surface area (Å²) in [7, 11) is 0. The van der Waals surface area contributed by atoms with E-state index in [0.29, 0.717) is 17.8 Å². The molecule has 18 heavy (non-hydrogen) atoms. The Morgan fingerprint density at radius 1 is 1.44 bits per heavy atom. The molecule has 0 unspecified atom stereocenters. The largest absolute Gasteiger partial charge is 0.398 e. The van der Waals surface area contributed by atoms with Gasteiger partial charge in [0, 0.05) is 15.0 Å². The van der Waals surface area contributed by atoms with Crippen molar-refractivity contribution in [1.82, 2.24) is 5.32 Å². The molecule has 3 N–H and O–H groups in total. The third kappa shape index (κ3) is 2.91. The number of nitrogens with two attached hydrogens (primary N) is 1. The molecule has 0 fully saturated rings. The number of anilines is 1. The van der Waals surface area contributed by atoms with Crippen LogP contribution in [0.5, 0.6) is 0 Å². The Morgan fingerprint density at radius 3 is 2.83 bits per heavy atom. The predicted molar refractivity (Wildman–Crippen MR) is 78.8 cm³/mol. The minimum atomic E-state index is -0.146. The molecule has 0 aliphatic rings. The number of hydrogen-bond donors (Lipinski definition) is 2. The highest BCUT2D eigenvalue weighted by atomic mass is 79.9. The van der Waals surface area contributed by atoms with Gasteiger partial charge in [-0.25, -0.2) is 0 Å². The smallest absolute Gasteiger partial charge is 0.253 e. The van der Waals surface area contributed by atoms with E-state index < -0.39 is 0 Å². The molecule has 0 aliphatic carbocycles. The Kier molecular flexibility index (Phi) is 4.04. The highest BCUT2D eigenvalue weighted by Gasteiger charge is 2.10. The fraction of sp³-hybridized carbons (Fsp3) is 0.154. The van der Waals surface area contributed by atoms with Crippen LogP contribution >= 0.6 is 27.3 Å². The summed E-state index contributed by atoms with van der Waals surface area (Å²) in [5.41, 5.74) is 7.91. The average Bonchev–Trinajstić information content (AvgIpc) is 2.72. The normalized spacial score (nSPS) is 10.3. The second-order valence-electron chi connectivity index (χ2n) is 3.97. The van der Waals surface area contributed by atoms with Gasteiger partial charge in [0.1, 0.15) is 0 Å². The van der Waals surface area contributed by atoms with Gasteiger partial charge < -0.3 is 11.1 Å². The molecule has 94 valence electrons. The molecule has 0 aliphatic heterocycles. The molecule has 5 heteroatoms. The number of amides is 1. The second kappa shape index (κ2) is 5.54. The van der Waals surface area contributed by atoms with E-state index in [4.69, 9.17) is 5.73 Å². The first kappa shape index (κ1) is 13.1. The van der Waals surface area contributed by atoms with E-state index in [2.05, 4.69) is 21.2 Å². The predicted octanol–water partition coefficient (Wildman–Crippen LogP) is 3.33. The fourth-order valence-electron chi connectivity index (χ4n) is 1.60. The van der Waals surface area contributed by atoms with Crippen molar-refractivity contribution in [3.63, 3.8) is 0 Å². The third-order valence-corrected chi connectivity index (χ3v) is 4.48. The first-order chi connectivity index (χ1) is 8.58. The summed E-state index contributed by atoms with van der Waals surface area (Å²) >= 11 is 5.03. The van der Waals surface area contributed by atoms with Gasteiger partial charge in [0.25, 0.3) is 5.91 Å². The number of nitrogens with one attached hydrogen (secondary N) is 1. The first-order valence-corrected chi connectivity index (χ1v) is 7.11. The molecule has 0 saturated carbocycles. The van der Waals surface area contributed by atoms with Gasteiger partial charge in [0.05, 0.1) is 12.1 Å². The minimum Gasteiger partial charge on any atom is -0.398 e. The molecule has 1 amide bonds. The molecule has 0 atom stereocenters. The highest BCUT2D eigenvalue weighted by molar-refractivity contribution is 9.10. The van der Waals surface area contributed by atoms with Crippen molar-refractivity contribution in [2.45, 2.75) is 13.5 Å². The number of aryl methyl sites for hydroxylation is 1. The lowest BCUT2D eigenvalue weighted by Gasteiger charge is -2.07. The van der Waals surface area contributed by atoms with Crippen LogP contribution < -0.4 is 11.1 Å². The van der Waals surface area contributed by atoms with Crippen LogP contribution in [0, 0.1) is 6.92 Å². The molecule has 1 aromatic heterocycles. The Balaban J connectivity index is 2.06. The number of halogens is 1. The van der Waals surface area contributed by atoms with E-state index in [1.807, 2.05) is 24.4 Å². The van der Waals surface area contributed by atoms with E-state index in [-0.39, 0.29) is 5.91 Å². The molecule has 2 aromatic rings. The van der Waals surface area contributed by atoms with Crippen molar-refractivity contribution < 1.29 is 4.79 Å². The maximum Gasteiger partial charge on any atom is 0.253 e. The van der Waals surface area contributed by atoms with E-state index in [1.54, 1.807) is 23.5 Å². The number of rotatable bonds is 3. The molecule has 1 heterocycles. The van der Waals surface area contributed by atoms with E-state index in [9.17, 15) is 4.79 Å². The summed E-state index contributed by atoms with van der Waals surface area (Å²) in [6.07, 6.45) is 0. The molecule has 3 nitrogen and oxygen atoms in total. The molecule has 1 aromatic carbocycles. The number of thiophene rings is 1. The Morgan fingerprint density at radius 2 is 2.22 bits per heavy atom. The zero-order valence-corrected chi connectivity index (χ0v) is 12.3. The van der Waals surface area contributed by atoms with Crippen LogP contribution in [0.3, 0.4) is 0 Å². The topological polar surface area (TPSA) is 55.1 Å². The third-order valence-electron chi connectivity index (χ3n) is 2.55. The molecule has 2 rings (SSSR count). The van der Waals surface area contributed by atoms with Crippen LogP contribution in [-0.2, 0) is 6.54 Å². The highest BCUT2D eigenvalue weighted by Crippen LogP contribution is 2.22. The standard InChI is InChI=1S/C13H13BrN2OS/c1-8-2-3-9(11(15)6-8)13(17)16-7-12-10(14)4-5-18-12/h2-6H,7,15H2,1H3,(H,16,17). The van der Waals surface area contributed by atoms with Crippen molar-refractivity contribution >= 4 is 38.9 Å². The summed E-state index contributed by atoms with van der Waals surface area (Å²) in [6.45, 7) is 2.45. The van der Waals surface area contributed by atoms with Gasteiger partial charge in [-0.1, -0.05) is 6.07 Å². The fourth-order valence-corrected chi connectivity index (χ4v) is 3.03. The van der Waals surface area contributed by atoms with Crippen molar-refractivity contribution in [2.75, 3.05) is 5.73 Å². The quantitative estimate of drug-likeness (QED) is 0.851. The van der Waals surface area contributed by atoms with Crippen molar-refractivity contribution in [3.05, 3.63) is 50.1 Å². The summed E-state index contributed by atoms with van der Waals surface area (Å²) in [4.78, 5) is 13.1. The average molecular weight is 325 g/mol. The zero-order chi connectivity index (χ0) is 13.1. The van der Waals surface area contributed by atoms with Gasteiger partial charge in [-0.2, -0.15) is 0 Å². The first-order valence-electron chi connectivity index (χ1n) is 5.44. The summed E-state index contributed by atoms with van der Waals surface area (Å²) in [5.74, 6) is -0.146. The van der Waals surface area contributed by atoms with E-state index in [1.165, 1.54) is 0 Å². The monoisotopic (exact) mass is 324 g/mol. The summed E-state index contributed by atoms with van der Waals surface area (Å²) < 4.78 is 1.02. The Hall–Kier alpha value is -1.33. The molecule has 0 bridgehead atoms. The number of nitrogen functional groups attached to an aromatic ring is 1. The van der Waals surface area contributed by atoms with Gasteiger partial charge in [0.2, 0.25) is 0 Å². The maximum atomic E-state index is 12.0. The molecule has 0 radical (unpaired) electrons. The molecule has 0 saturated heterocycles. The van der Waals surface area contributed by atoms with Crippen LogP contribution in [0.1, 0.15) is 20.8 Å². The molecular weight excluding hydrogens is 312 g/mol. The van der Waals surface area contributed by atoms with Crippen molar-refractivity contribution in [3.8, 4) is 0 Å². The maximum absolute atomic E-state index is 12.0. The number of carbonyl (C=O) groups excluding carboxylic acids is 1. The molecule has 0 spiro atoms. The number of benzene rings is 1. The number of carbonyl (C=O) groups is 1. The van der Waals surface area contributed by atoms with Gasteiger partial charge in [0.15, 0.2) is 0 Å². The van der Waals surface area contributed by atoms with Crippen molar-refractivity contribution in [2.24, 2.45) is 0 Å². The SMILES string of the molecule is Cc1ccc(C(=O)NCc2sccc2Br)c(N)c1. The van der Waals surface area contributed by atoms with E-state index >= 15 is 0 Å². The Bertz CT molecular complexity index is 580. The van der Waals surface area contributed by atoms with Crippen LogP contribution in [0.4, 0.5) is 5.69 Å². The second-order valence-corrected chi connectivity index (χ2v) is 5.82. The summed E-state index contributed by atoms with van der Waals surface area (Å²) in [6, 6.07) is 7.40.